The van der Waals surface area contributed by atoms with Gasteiger partial charge in [-0.05, 0) is 17.7 Å². The summed E-state index contributed by atoms with van der Waals surface area (Å²) in [6.45, 7) is 7.12. The van der Waals surface area contributed by atoms with Crippen LogP contribution < -0.4 is 5.19 Å². The lowest BCUT2D eigenvalue weighted by Gasteiger charge is -2.32. The van der Waals surface area contributed by atoms with Gasteiger partial charge in [0, 0.05) is 11.6 Å². The normalized spacial score (nSPS) is 12.1. The molecule has 2 aromatic heterocycles. The van der Waals surface area contributed by atoms with Crippen LogP contribution in [0.15, 0.2) is 65.2 Å². The number of nitrogens with zero attached hydrogens (tertiary/aromatic N) is 1. The van der Waals surface area contributed by atoms with Crippen LogP contribution in [0.2, 0.25) is 19.6 Å². The summed E-state index contributed by atoms with van der Waals surface area (Å²) in [7, 11) is -1.47. The van der Waals surface area contributed by atoms with Gasteiger partial charge in [0.05, 0.1) is 11.1 Å². The highest BCUT2D eigenvalue weighted by Crippen LogP contribution is 2.34. The van der Waals surface area contributed by atoms with Crippen LogP contribution in [-0.2, 0) is 0 Å². The zero-order valence-corrected chi connectivity index (χ0v) is 14.6. The van der Waals surface area contributed by atoms with E-state index in [2.05, 4.69) is 56.0 Å². The third kappa shape index (κ3) is 2.28. The number of fused-ring (bicyclic) bond motifs is 3. The first kappa shape index (κ1) is 14.2. The quantitative estimate of drug-likeness (QED) is 0.475. The van der Waals surface area contributed by atoms with Gasteiger partial charge in [0.15, 0.2) is 0 Å². The van der Waals surface area contributed by atoms with Crippen molar-refractivity contribution in [2.24, 2.45) is 0 Å². The number of benzene rings is 2. The second-order valence-corrected chi connectivity index (χ2v) is 12.0. The summed E-state index contributed by atoms with van der Waals surface area (Å²) < 4.78 is 6.01. The first-order chi connectivity index (χ1) is 11.1. The number of hydrogen-bond donors (Lipinski definition) is 0. The molecule has 0 saturated carbocycles. The molecule has 115 valence electrons. The van der Waals surface area contributed by atoms with Crippen molar-refractivity contribution < 1.29 is 4.42 Å². The second-order valence-electron chi connectivity index (χ2n) is 6.93. The molecule has 3 heteroatoms. The molecule has 2 aromatic carbocycles. The van der Waals surface area contributed by atoms with E-state index in [9.17, 15) is 0 Å². The molecular weight excluding hydrogens is 298 g/mol. The monoisotopic (exact) mass is 317 g/mol. The summed E-state index contributed by atoms with van der Waals surface area (Å²) in [6, 6.07) is 18.8. The Balaban J connectivity index is 2.12. The summed E-state index contributed by atoms with van der Waals surface area (Å²) >= 11 is 0. The van der Waals surface area contributed by atoms with Crippen molar-refractivity contribution >= 4 is 35.2 Å². The van der Waals surface area contributed by atoms with Crippen LogP contribution in [-0.4, -0.2) is 13.1 Å². The van der Waals surface area contributed by atoms with Gasteiger partial charge < -0.3 is 4.42 Å². The van der Waals surface area contributed by atoms with E-state index < -0.39 is 8.07 Å². The Bertz CT molecular complexity index is 1010. The van der Waals surface area contributed by atoms with Gasteiger partial charge in [0.2, 0.25) is 0 Å². The minimum atomic E-state index is -1.47. The molecule has 0 unspecified atom stereocenters. The number of hydrogen-bond acceptors (Lipinski definition) is 2. The molecule has 23 heavy (non-hydrogen) atoms. The zero-order valence-electron chi connectivity index (χ0n) is 13.6. The largest absolute Gasteiger partial charge is 0.456 e. The number of para-hydroxylation sites is 1. The Morgan fingerprint density at radius 2 is 1.57 bits per heavy atom. The molecule has 0 radical (unpaired) electrons. The molecule has 0 saturated heterocycles. The van der Waals surface area contributed by atoms with Gasteiger partial charge in [-0.15, -0.1) is 8.07 Å². The van der Waals surface area contributed by atoms with Crippen LogP contribution in [0.4, 0.5) is 0 Å². The van der Waals surface area contributed by atoms with Crippen LogP contribution in [0.25, 0.3) is 33.2 Å². The van der Waals surface area contributed by atoms with Crippen molar-refractivity contribution in [2.75, 3.05) is 0 Å². The highest BCUT2D eigenvalue weighted by atomic mass is 28.3. The average molecular weight is 317 g/mol. The van der Waals surface area contributed by atoms with E-state index in [1.807, 2.05) is 24.4 Å². The number of aromatic nitrogens is 1. The van der Waals surface area contributed by atoms with Crippen molar-refractivity contribution in [2.45, 2.75) is 19.6 Å². The molecule has 0 atom stereocenters. The predicted molar refractivity (Wildman–Crippen MR) is 99.9 cm³/mol. The summed E-state index contributed by atoms with van der Waals surface area (Å²) in [6.07, 6.45) is 1.85. The average Bonchev–Trinajstić information content (AvgIpc) is 2.92. The van der Waals surface area contributed by atoms with Gasteiger partial charge in [-0.3, -0.25) is 4.98 Å². The molecule has 0 spiro atoms. The van der Waals surface area contributed by atoms with E-state index in [1.54, 1.807) is 0 Å². The fraction of sp³-hybridized carbons (Fsp3) is 0.150. The summed E-state index contributed by atoms with van der Waals surface area (Å²) in [5.41, 5.74) is 4.10. The Morgan fingerprint density at radius 3 is 2.39 bits per heavy atom. The van der Waals surface area contributed by atoms with Crippen LogP contribution in [0.1, 0.15) is 0 Å². The lowest BCUT2D eigenvalue weighted by atomic mass is 10.1. The molecule has 0 aliphatic rings. The van der Waals surface area contributed by atoms with Crippen molar-refractivity contribution in [3.05, 3.63) is 60.8 Å². The Morgan fingerprint density at radius 1 is 0.826 bits per heavy atom. The maximum Gasteiger partial charge on any atom is 0.139 e. The molecule has 0 fully saturated rings. The maximum atomic E-state index is 6.01. The van der Waals surface area contributed by atoms with Crippen LogP contribution >= 0.6 is 0 Å². The van der Waals surface area contributed by atoms with Gasteiger partial charge in [-0.1, -0.05) is 42.5 Å². The van der Waals surface area contributed by atoms with Crippen LogP contribution in [0.5, 0.6) is 0 Å². The zero-order chi connectivity index (χ0) is 16.0. The number of furan rings is 1. The molecule has 0 bridgehead atoms. The van der Waals surface area contributed by atoms with E-state index in [-0.39, 0.29) is 0 Å². The fourth-order valence-electron chi connectivity index (χ4n) is 3.22. The van der Waals surface area contributed by atoms with Crippen molar-refractivity contribution in [1.29, 1.82) is 0 Å². The first-order valence-corrected chi connectivity index (χ1v) is 11.4. The molecular formula is C20H19NOSi-. The van der Waals surface area contributed by atoms with Crippen LogP contribution in [0.3, 0.4) is 0 Å². The van der Waals surface area contributed by atoms with E-state index >= 15 is 0 Å². The Hall–Kier alpha value is -2.39. The minimum Gasteiger partial charge on any atom is -0.456 e. The van der Waals surface area contributed by atoms with E-state index in [0.29, 0.717) is 0 Å². The third-order valence-corrected chi connectivity index (χ3v) is 6.33. The number of rotatable bonds is 2. The highest BCUT2D eigenvalue weighted by molar-refractivity contribution is 6.89. The summed E-state index contributed by atoms with van der Waals surface area (Å²) in [5, 5.41) is 3.69. The SMILES string of the molecule is C[Si-](C)(C)c1ccccc1-c1nccc2oc3ccccc3c12. The van der Waals surface area contributed by atoms with Crippen LogP contribution in [0, 0.1) is 0 Å². The predicted octanol–water partition coefficient (Wildman–Crippen LogP) is 5.19. The summed E-state index contributed by atoms with van der Waals surface area (Å²) in [5.74, 6) is 0. The highest BCUT2D eigenvalue weighted by Gasteiger charge is 2.16. The van der Waals surface area contributed by atoms with Crippen molar-refractivity contribution in [3.8, 4) is 11.3 Å². The van der Waals surface area contributed by atoms with E-state index in [0.717, 1.165) is 27.6 Å². The molecule has 2 heterocycles. The molecule has 4 aromatic rings. The van der Waals surface area contributed by atoms with Gasteiger partial charge in [0.1, 0.15) is 11.2 Å². The molecule has 0 aliphatic heterocycles. The lowest BCUT2D eigenvalue weighted by molar-refractivity contribution is 0.668. The van der Waals surface area contributed by atoms with E-state index in [1.165, 1.54) is 10.8 Å². The summed E-state index contributed by atoms with van der Waals surface area (Å²) in [4.78, 5) is 4.74. The molecule has 2 nitrogen and oxygen atoms in total. The second kappa shape index (κ2) is 5.07. The third-order valence-electron chi connectivity index (χ3n) is 4.28. The minimum absolute atomic E-state index is 0.904. The Labute approximate surface area is 136 Å². The fourth-order valence-corrected chi connectivity index (χ4v) is 4.82. The van der Waals surface area contributed by atoms with E-state index in [4.69, 9.17) is 9.40 Å². The molecule has 0 amide bonds. The van der Waals surface area contributed by atoms with Gasteiger partial charge in [0.25, 0.3) is 0 Å². The molecule has 4 rings (SSSR count). The van der Waals surface area contributed by atoms with Gasteiger partial charge in [-0.25, -0.2) is 0 Å². The van der Waals surface area contributed by atoms with Crippen molar-refractivity contribution in [3.63, 3.8) is 0 Å². The molecule has 0 N–H and O–H groups in total. The smallest absolute Gasteiger partial charge is 0.139 e. The van der Waals surface area contributed by atoms with Crippen molar-refractivity contribution in [1.82, 2.24) is 4.98 Å². The molecule has 0 aliphatic carbocycles. The lowest BCUT2D eigenvalue weighted by Crippen LogP contribution is -2.38. The standard InChI is InChI=1S/C20H19NOSi/c1-23(2,3)18-11-7-5-9-15(18)20-19-14-8-4-6-10-16(14)22-17(19)12-13-21-20/h4-13H,1-3H3/q-1. The van der Waals surface area contributed by atoms with Gasteiger partial charge >= 0.3 is 0 Å². The number of pyridine rings is 1. The maximum absolute atomic E-state index is 6.01. The topological polar surface area (TPSA) is 26.0 Å². The van der Waals surface area contributed by atoms with Gasteiger partial charge in [-0.2, -0.15) is 24.8 Å². The first-order valence-electron chi connectivity index (χ1n) is 7.92. The Kier molecular flexibility index (Phi) is 3.13.